The molecule has 0 aliphatic rings. The molecule has 0 spiro atoms. The van der Waals surface area contributed by atoms with Crippen LogP contribution in [0.15, 0.2) is 22.7 Å². The van der Waals surface area contributed by atoms with E-state index in [4.69, 9.17) is 9.52 Å². The quantitative estimate of drug-likeness (QED) is 0.831. The summed E-state index contributed by atoms with van der Waals surface area (Å²) in [5, 5.41) is 12.0. The highest BCUT2D eigenvalue weighted by Crippen LogP contribution is 2.18. The van der Waals surface area contributed by atoms with Crippen molar-refractivity contribution in [3.05, 3.63) is 29.7 Å². The molecular weight excluding hydrogens is 224 g/mol. The van der Waals surface area contributed by atoms with Crippen molar-refractivity contribution in [1.29, 1.82) is 0 Å². The summed E-state index contributed by atoms with van der Waals surface area (Å²) in [5.41, 5.74) is 0.458. The maximum absolute atomic E-state index is 10.7. The molecule has 6 nitrogen and oxygen atoms in total. The summed E-state index contributed by atoms with van der Waals surface area (Å²) >= 11 is 0. The molecule has 88 valence electrons. The summed E-state index contributed by atoms with van der Waals surface area (Å²) in [6.45, 7) is 1.66. The highest BCUT2D eigenvalue weighted by molar-refractivity contribution is 5.91. The third kappa shape index (κ3) is 2.41. The number of hydrogen-bond donors (Lipinski definition) is 2. The van der Waals surface area contributed by atoms with E-state index in [1.54, 1.807) is 6.07 Å². The second-order valence-electron chi connectivity index (χ2n) is 3.55. The minimum atomic E-state index is -1.04. The Morgan fingerprint density at radius 1 is 1.47 bits per heavy atom. The van der Waals surface area contributed by atoms with Crippen LogP contribution in [0.5, 0.6) is 0 Å². The molecule has 0 unspecified atom stereocenters. The molecule has 1 amide bonds. The second kappa shape index (κ2) is 4.25. The Kier molecular flexibility index (Phi) is 2.78. The van der Waals surface area contributed by atoms with Gasteiger partial charge in [-0.25, -0.2) is 9.78 Å². The van der Waals surface area contributed by atoms with Gasteiger partial charge in [0.1, 0.15) is 5.76 Å². The molecule has 0 saturated carbocycles. The van der Waals surface area contributed by atoms with Gasteiger partial charge in [-0.3, -0.25) is 4.79 Å². The van der Waals surface area contributed by atoms with Gasteiger partial charge in [-0.2, -0.15) is 0 Å². The predicted molar refractivity (Wildman–Crippen MR) is 58.5 cm³/mol. The number of carboxylic acids is 1. The predicted octanol–water partition coefficient (Wildman–Crippen LogP) is 1.16. The first kappa shape index (κ1) is 11.1. The summed E-state index contributed by atoms with van der Waals surface area (Å²) in [6.07, 6.45) is 1.23. The number of nitrogens with one attached hydrogen (secondary N) is 1. The smallest absolute Gasteiger partial charge is 0.337 e. The number of carbonyl (C=O) groups excluding carboxylic acids is 1. The minimum Gasteiger partial charge on any atom is -0.478 e. The van der Waals surface area contributed by atoms with E-state index in [2.05, 4.69) is 10.3 Å². The van der Waals surface area contributed by atoms with Crippen LogP contribution in [0.4, 0.5) is 0 Å². The van der Waals surface area contributed by atoms with Crippen molar-refractivity contribution in [2.45, 2.75) is 13.5 Å². The van der Waals surface area contributed by atoms with Gasteiger partial charge in [-0.05, 0) is 12.1 Å². The fourth-order valence-corrected chi connectivity index (χ4v) is 1.40. The van der Waals surface area contributed by atoms with Gasteiger partial charge < -0.3 is 14.8 Å². The third-order valence-electron chi connectivity index (χ3n) is 2.18. The number of nitrogens with zero attached hydrogens (tertiary/aromatic N) is 1. The zero-order chi connectivity index (χ0) is 12.4. The first-order valence-corrected chi connectivity index (χ1v) is 4.92. The van der Waals surface area contributed by atoms with E-state index >= 15 is 0 Å². The van der Waals surface area contributed by atoms with E-state index in [9.17, 15) is 9.59 Å². The van der Waals surface area contributed by atoms with Crippen LogP contribution in [0.1, 0.15) is 23.0 Å². The van der Waals surface area contributed by atoms with Gasteiger partial charge in [0, 0.05) is 18.5 Å². The lowest BCUT2D eigenvalue weighted by Crippen LogP contribution is -2.18. The molecule has 0 bridgehead atoms. The van der Waals surface area contributed by atoms with E-state index in [1.807, 2.05) is 0 Å². The van der Waals surface area contributed by atoms with Crippen molar-refractivity contribution in [2.24, 2.45) is 0 Å². The number of aromatic carboxylic acids is 1. The Labute approximate surface area is 96.3 Å². The number of carbonyl (C=O) groups is 2. The lowest BCUT2D eigenvalue weighted by molar-refractivity contribution is -0.119. The summed E-state index contributed by atoms with van der Waals surface area (Å²) in [7, 11) is 0. The van der Waals surface area contributed by atoms with Crippen LogP contribution >= 0.6 is 0 Å². The van der Waals surface area contributed by atoms with Crippen molar-refractivity contribution in [1.82, 2.24) is 10.3 Å². The second-order valence-corrected chi connectivity index (χ2v) is 3.55. The Morgan fingerprint density at radius 3 is 2.88 bits per heavy atom. The number of pyridine rings is 1. The third-order valence-corrected chi connectivity index (χ3v) is 2.18. The molecule has 0 aliphatic carbocycles. The molecule has 0 saturated heterocycles. The topological polar surface area (TPSA) is 92.4 Å². The summed E-state index contributed by atoms with van der Waals surface area (Å²) in [5.74, 6) is -0.668. The van der Waals surface area contributed by atoms with Gasteiger partial charge in [0.2, 0.25) is 11.6 Å². The van der Waals surface area contributed by atoms with Crippen molar-refractivity contribution >= 4 is 23.0 Å². The molecule has 0 fully saturated rings. The van der Waals surface area contributed by atoms with Crippen LogP contribution in [0.25, 0.3) is 11.1 Å². The summed E-state index contributed by atoms with van der Waals surface area (Å²) in [4.78, 5) is 25.4. The highest BCUT2D eigenvalue weighted by atomic mass is 16.4. The fourth-order valence-electron chi connectivity index (χ4n) is 1.40. The average molecular weight is 234 g/mol. The lowest BCUT2D eigenvalue weighted by Gasteiger charge is -1.95. The number of furan rings is 1. The Balaban J connectivity index is 2.30. The van der Waals surface area contributed by atoms with E-state index in [0.29, 0.717) is 16.9 Å². The Bertz CT molecular complexity index is 588. The van der Waals surface area contributed by atoms with Gasteiger partial charge in [0.25, 0.3) is 0 Å². The largest absolute Gasteiger partial charge is 0.478 e. The standard InChI is InChI=1S/C11H10N2O4/c1-6(14)12-5-9-3-7-2-8(11(15)16)4-13-10(7)17-9/h2-4H,5H2,1H3,(H,12,14)(H,15,16). The molecule has 6 heteroatoms. The zero-order valence-electron chi connectivity index (χ0n) is 9.06. The molecule has 2 rings (SSSR count). The van der Waals surface area contributed by atoms with Crippen LogP contribution in [0.2, 0.25) is 0 Å². The first-order valence-electron chi connectivity index (χ1n) is 4.92. The highest BCUT2D eigenvalue weighted by Gasteiger charge is 2.09. The lowest BCUT2D eigenvalue weighted by atomic mass is 10.2. The molecule has 0 radical (unpaired) electrons. The van der Waals surface area contributed by atoms with Gasteiger partial charge in [0.15, 0.2) is 0 Å². The number of fused-ring (bicyclic) bond motifs is 1. The maximum Gasteiger partial charge on any atom is 0.337 e. The van der Waals surface area contributed by atoms with Crippen LogP contribution in [0.3, 0.4) is 0 Å². The summed E-state index contributed by atoms with van der Waals surface area (Å²) in [6, 6.07) is 3.14. The SMILES string of the molecule is CC(=O)NCc1cc2cc(C(=O)O)cnc2o1. The molecule has 2 N–H and O–H groups in total. The van der Waals surface area contributed by atoms with Gasteiger partial charge in [-0.1, -0.05) is 0 Å². The van der Waals surface area contributed by atoms with Crippen LogP contribution < -0.4 is 5.32 Å². The van der Waals surface area contributed by atoms with Crippen molar-refractivity contribution < 1.29 is 19.1 Å². The summed E-state index contributed by atoms with van der Waals surface area (Å²) < 4.78 is 5.33. The maximum atomic E-state index is 10.7. The number of amides is 1. The average Bonchev–Trinajstić information content (AvgIpc) is 2.67. The fraction of sp³-hybridized carbons (Fsp3) is 0.182. The number of aromatic nitrogens is 1. The molecular formula is C11H10N2O4. The molecule has 2 aromatic heterocycles. The van der Waals surface area contributed by atoms with Crippen molar-refractivity contribution in [3.8, 4) is 0 Å². The Morgan fingerprint density at radius 2 is 2.24 bits per heavy atom. The van der Waals surface area contributed by atoms with Gasteiger partial charge in [-0.15, -0.1) is 0 Å². The van der Waals surface area contributed by atoms with Gasteiger partial charge >= 0.3 is 5.97 Å². The number of rotatable bonds is 3. The van der Waals surface area contributed by atoms with E-state index in [1.165, 1.54) is 19.2 Å². The zero-order valence-corrected chi connectivity index (χ0v) is 9.06. The minimum absolute atomic E-state index is 0.101. The molecule has 17 heavy (non-hydrogen) atoms. The molecule has 2 aromatic rings. The monoisotopic (exact) mass is 234 g/mol. The van der Waals surface area contributed by atoms with E-state index < -0.39 is 5.97 Å². The number of hydrogen-bond acceptors (Lipinski definition) is 4. The van der Waals surface area contributed by atoms with Crippen molar-refractivity contribution in [3.63, 3.8) is 0 Å². The molecule has 2 heterocycles. The van der Waals surface area contributed by atoms with Crippen molar-refractivity contribution in [2.75, 3.05) is 0 Å². The first-order chi connectivity index (χ1) is 8.06. The Hall–Kier alpha value is -2.37. The number of carboxylic acid groups (broad SMARTS) is 1. The van der Waals surface area contributed by atoms with Crippen LogP contribution in [-0.2, 0) is 11.3 Å². The normalized spacial score (nSPS) is 10.4. The molecule has 0 atom stereocenters. The van der Waals surface area contributed by atoms with E-state index in [0.717, 1.165) is 0 Å². The van der Waals surface area contributed by atoms with Gasteiger partial charge in [0.05, 0.1) is 12.1 Å². The van der Waals surface area contributed by atoms with Crippen LogP contribution in [-0.4, -0.2) is 22.0 Å². The van der Waals surface area contributed by atoms with E-state index in [-0.39, 0.29) is 18.0 Å². The van der Waals surface area contributed by atoms with Crippen LogP contribution in [0, 0.1) is 0 Å². The molecule has 0 aromatic carbocycles. The molecule has 0 aliphatic heterocycles.